The zero-order valence-corrected chi connectivity index (χ0v) is 11.6. The maximum Gasteiger partial charge on any atom is 0.224 e. The fourth-order valence-electron chi connectivity index (χ4n) is 2.65. The summed E-state index contributed by atoms with van der Waals surface area (Å²) in [4.78, 5) is 12.0. The predicted octanol–water partition coefficient (Wildman–Crippen LogP) is 3.28. The minimum absolute atomic E-state index is 0.0954. The number of amides is 1. The van der Waals surface area contributed by atoms with E-state index in [1.807, 2.05) is 0 Å². The molecule has 104 valence electrons. The maximum absolute atomic E-state index is 13.5. The summed E-state index contributed by atoms with van der Waals surface area (Å²) in [7, 11) is 0. The van der Waals surface area contributed by atoms with Gasteiger partial charge in [0.15, 0.2) is 0 Å². The van der Waals surface area contributed by atoms with E-state index in [2.05, 4.69) is 5.32 Å². The summed E-state index contributed by atoms with van der Waals surface area (Å²) in [6.45, 7) is 0. The van der Waals surface area contributed by atoms with Crippen LogP contribution in [0.25, 0.3) is 0 Å². The number of hydrogen-bond acceptors (Lipinski definition) is 1. The van der Waals surface area contributed by atoms with Crippen LogP contribution in [0.2, 0.25) is 0 Å². The molecule has 1 fully saturated rings. The first-order valence-electron chi connectivity index (χ1n) is 6.79. The average molecular weight is 284 g/mol. The predicted molar refractivity (Wildman–Crippen MR) is 74.7 cm³/mol. The molecule has 0 aromatic heterocycles. The summed E-state index contributed by atoms with van der Waals surface area (Å²) in [5.41, 5.74) is 0.443. The molecule has 2 nitrogen and oxygen atoms in total. The lowest BCUT2D eigenvalue weighted by atomic mass is 9.85. The molecule has 1 amide bonds. The summed E-state index contributed by atoms with van der Waals surface area (Å²) < 4.78 is 13.5. The van der Waals surface area contributed by atoms with E-state index in [4.69, 9.17) is 11.6 Å². The molecule has 1 saturated carbocycles. The first kappa shape index (κ1) is 14.3. The van der Waals surface area contributed by atoms with Gasteiger partial charge in [0.05, 0.1) is 6.42 Å². The maximum atomic E-state index is 13.5. The molecule has 1 aromatic carbocycles. The minimum Gasteiger partial charge on any atom is -0.353 e. The minimum atomic E-state index is -0.324. The van der Waals surface area contributed by atoms with Crippen LogP contribution in [0.5, 0.6) is 0 Å². The van der Waals surface area contributed by atoms with Crippen LogP contribution in [0.3, 0.4) is 0 Å². The summed E-state index contributed by atoms with van der Waals surface area (Å²) in [5.74, 6) is 0.479. The van der Waals surface area contributed by atoms with Gasteiger partial charge in [0.2, 0.25) is 5.91 Å². The fraction of sp³-hybridized carbons (Fsp3) is 0.533. The molecule has 1 aliphatic rings. The number of benzene rings is 1. The van der Waals surface area contributed by atoms with Gasteiger partial charge in [-0.05, 0) is 30.4 Å². The van der Waals surface area contributed by atoms with Crippen LogP contribution in [0.4, 0.5) is 4.39 Å². The Labute approximate surface area is 118 Å². The van der Waals surface area contributed by atoms with Gasteiger partial charge in [-0.25, -0.2) is 4.39 Å². The van der Waals surface area contributed by atoms with E-state index in [1.54, 1.807) is 18.2 Å². The smallest absolute Gasteiger partial charge is 0.224 e. The number of rotatable bonds is 4. The SMILES string of the molecule is O=C(Cc1ccccc1F)NC1CCCCC1CCl. The second-order valence-electron chi connectivity index (χ2n) is 5.14. The number of hydrogen-bond donors (Lipinski definition) is 1. The molecular weight excluding hydrogens is 265 g/mol. The largest absolute Gasteiger partial charge is 0.353 e. The third kappa shape index (κ3) is 3.93. The number of carbonyl (C=O) groups excluding carboxylic acids is 1. The summed E-state index contributed by atoms with van der Waals surface area (Å²) >= 11 is 5.93. The van der Waals surface area contributed by atoms with Crippen molar-refractivity contribution in [1.29, 1.82) is 0 Å². The first-order chi connectivity index (χ1) is 9.20. The van der Waals surface area contributed by atoms with Gasteiger partial charge in [-0.3, -0.25) is 4.79 Å². The Morgan fingerprint density at radius 2 is 2.05 bits per heavy atom. The summed E-state index contributed by atoms with van der Waals surface area (Å²) in [6, 6.07) is 6.54. The molecule has 2 rings (SSSR count). The molecule has 19 heavy (non-hydrogen) atoms. The van der Waals surface area contributed by atoms with Crippen LogP contribution in [0.15, 0.2) is 24.3 Å². The van der Waals surface area contributed by atoms with Crippen LogP contribution in [0.1, 0.15) is 31.2 Å². The molecule has 2 atom stereocenters. The van der Waals surface area contributed by atoms with Crippen molar-refractivity contribution in [3.8, 4) is 0 Å². The van der Waals surface area contributed by atoms with Gasteiger partial charge in [-0.15, -0.1) is 11.6 Å². The Bertz CT molecular complexity index is 438. The molecule has 0 aliphatic heterocycles. The lowest BCUT2D eigenvalue weighted by Gasteiger charge is -2.30. The van der Waals surface area contributed by atoms with E-state index < -0.39 is 0 Å². The van der Waals surface area contributed by atoms with Gasteiger partial charge < -0.3 is 5.32 Å². The second kappa shape index (κ2) is 6.90. The van der Waals surface area contributed by atoms with Crippen molar-refractivity contribution in [2.75, 3.05) is 5.88 Å². The number of halogens is 2. The zero-order chi connectivity index (χ0) is 13.7. The fourth-order valence-corrected chi connectivity index (χ4v) is 3.02. The highest BCUT2D eigenvalue weighted by Gasteiger charge is 2.25. The van der Waals surface area contributed by atoms with Crippen LogP contribution >= 0.6 is 11.6 Å². The van der Waals surface area contributed by atoms with E-state index in [0.29, 0.717) is 17.4 Å². The van der Waals surface area contributed by atoms with Crippen molar-refractivity contribution in [3.63, 3.8) is 0 Å². The number of carbonyl (C=O) groups is 1. The molecule has 0 heterocycles. The third-order valence-corrected chi connectivity index (χ3v) is 4.16. The highest BCUT2D eigenvalue weighted by Crippen LogP contribution is 2.25. The van der Waals surface area contributed by atoms with E-state index in [9.17, 15) is 9.18 Å². The Morgan fingerprint density at radius 1 is 1.32 bits per heavy atom. The molecule has 0 bridgehead atoms. The monoisotopic (exact) mass is 283 g/mol. The quantitative estimate of drug-likeness (QED) is 0.844. The average Bonchev–Trinajstić information content (AvgIpc) is 2.42. The van der Waals surface area contributed by atoms with Gasteiger partial charge in [0, 0.05) is 11.9 Å². The van der Waals surface area contributed by atoms with Crippen LogP contribution in [-0.4, -0.2) is 17.8 Å². The Hall–Kier alpha value is -1.09. The molecule has 1 aliphatic carbocycles. The van der Waals surface area contributed by atoms with Crippen molar-refractivity contribution in [2.45, 2.75) is 38.1 Å². The summed E-state index contributed by atoms with van der Waals surface area (Å²) in [5, 5.41) is 3.01. The van der Waals surface area contributed by atoms with Crippen LogP contribution in [0, 0.1) is 11.7 Å². The van der Waals surface area contributed by atoms with E-state index in [1.165, 1.54) is 12.5 Å². The normalized spacial score (nSPS) is 23.1. The van der Waals surface area contributed by atoms with Crippen molar-refractivity contribution < 1.29 is 9.18 Å². The van der Waals surface area contributed by atoms with Gasteiger partial charge in [0.1, 0.15) is 5.82 Å². The highest BCUT2D eigenvalue weighted by atomic mass is 35.5. The Kier molecular flexibility index (Phi) is 5.20. The Morgan fingerprint density at radius 3 is 2.79 bits per heavy atom. The van der Waals surface area contributed by atoms with Crippen molar-refractivity contribution in [1.82, 2.24) is 5.32 Å². The van der Waals surface area contributed by atoms with Gasteiger partial charge >= 0.3 is 0 Å². The third-order valence-electron chi connectivity index (χ3n) is 3.76. The molecule has 1 aromatic rings. The van der Waals surface area contributed by atoms with Crippen molar-refractivity contribution in [3.05, 3.63) is 35.6 Å². The molecule has 4 heteroatoms. The molecule has 1 N–H and O–H groups in total. The molecule has 0 spiro atoms. The highest BCUT2D eigenvalue weighted by molar-refractivity contribution is 6.18. The lowest BCUT2D eigenvalue weighted by Crippen LogP contribution is -2.43. The van der Waals surface area contributed by atoms with E-state index in [-0.39, 0.29) is 24.2 Å². The first-order valence-corrected chi connectivity index (χ1v) is 7.33. The van der Waals surface area contributed by atoms with Gasteiger partial charge in [0.25, 0.3) is 0 Å². The van der Waals surface area contributed by atoms with E-state index in [0.717, 1.165) is 19.3 Å². The molecule has 0 radical (unpaired) electrons. The molecule has 0 saturated heterocycles. The topological polar surface area (TPSA) is 29.1 Å². The lowest BCUT2D eigenvalue weighted by molar-refractivity contribution is -0.121. The number of alkyl halides is 1. The van der Waals surface area contributed by atoms with Gasteiger partial charge in [-0.1, -0.05) is 31.0 Å². The van der Waals surface area contributed by atoms with Crippen LogP contribution in [-0.2, 0) is 11.2 Å². The molecular formula is C15H19ClFNO. The Balaban J connectivity index is 1.92. The van der Waals surface area contributed by atoms with Crippen molar-refractivity contribution >= 4 is 17.5 Å². The van der Waals surface area contributed by atoms with Gasteiger partial charge in [-0.2, -0.15) is 0 Å². The zero-order valence-electron chi connectivity index (χ0n) is 10.9. The molecule has 2 unspecified atom stereocenters. The standard InChI is InChI=1S/C15H19ClFNO/c16-10-12-6-2-4-8-14(12)18-15(19)9-11-5-1-3-7-13(11)17/h1,3,5,7,12,14H,2,4,6,8-10H2,(H,18,19). The van der Waals surface area contributed by atoms with E-state index >= 15 is 0 Å². The second-order valence-corrected chi connectivity index (χ2v) is 5.45. The van der Waals surface area contributed by atoms with Crippen LogP contribution < -0.4 is 5.32 Å². The summed E-state index contributed by atoms with van der Waals surface area (Å²) in [6.07, 6.45) is 4.43. The number of nitrogens with one attached hydrogen (secondary N) is 1. The van der Waals surface area contributed by atoms with Crippen molar-refractivity contribution in [2.24, 2.45) is 5.92 Å².